The van der Waals surface area contributed by atoms with E-state index in [-0.39, 0.29) is 11.9 Å². The molecule has 0 saturated carbocycles. The monoisotopic (exact) mass is 421 g/mol. The van der Waals surface area contributed by atoms with Gasteiger partial charge in [0.15, 0.2) is 5.69 Å². The summed E-state index contributed by atoms with van der Waals surface area (Å²) in [5.41, 5.74) is 2.87. The van der Waals surface area contributed by atoms with Gasteiger partial charge in [0.2, 0.25) is 0 Å². The van der Waals surface area contributed by atoms with Gasteiger partial charge in [0.05, 0.1) is 37.7 Å². The predicted molar refractivity (Wildman–Crippen MR) is 117 cm³/mol. The molecule has 1 amide bonds. The molecular weight excluding hydrogens is 394 g/mol. The van der Waals surface area contributed by atoms with E-state index in [1.807, 2.05) is 61.5 Å². The van der Waals surface area contributed by atoms with E-state index < -0.39 is 0 Å². The standard InChI is InChI=1S/C23H27N5O3/c1-17-22(25-26-28(17)19-8-10-20(30-2)11-9-19)23(29)24-21(18-6-4-3-5-7-18)16-27-12-14-31-15-13-27/h3-11,21H,12-16H2,1-2H3,(H,24,29). The highest BCUT2D eigenvalue weighted by atomic mass is 16.5. The molecule has 0 bridgehead atoms. The Balaban J connectivity index is 1.53. The van der Waals surface area contributed by atoms with Crippen LogP contribution in [0.4, 0.5) is 0 Å². The molecule has 1 unspecified atom stereocenters. The maximum atomic E-state index is 13.1. The number of benzene rings is 2. The second kappa shape index (κ2) is 9.72. The van der Waals surface area contributed by atoms with Gasteiger partial charge in [0.25, 0.3) is 5.91 Å². The molecule has 0 radical (unpaired) electrons. The van der Waals surface area contributed by atoms with Crippen LogP contribution in [-0.4, -0.2) is 65.8 Å². The van der Waals surface area contributed by atoms with E-state index in [2.05, 4.69) is 20.5 Å². The average Bonchev–Trinajstić information content (AvgIpc) is 3.21. The van der Waals surface area contributed by atoms with Gasteiger partial charge in [0, 0.05) is 19.6 Å². The fraction of sp³-hybridized carbons (Fsp3) is 0.348. The summed E-state index contributed by atoms with van der Waals surface area (Å²) in [7, 11) is 1.62. The molecule has 1 saturated heterocycles. The Labute approximate surface area is 181 Å². The molecule has 31 heavy (non-hydrogen) atoms. The van der Waals surface area contributed by atoms with Crippen molar-refractivity contribution in [1.29, 1.82) is 0 Å². The quantitative estimate of drug-likeness (QED) is 0.631. The molecule has 2 aromatic carbocycles. The van der Waals surface area contributed by atoms with Crippen molar-refractivity contribution in [3.8, 4) is 11.4 Å². The van der Waals surface area contributed by atoms with Crippen molar-refractivity contribution in [2.24, 2.45) is 0 Å². The molecule has 162 valence electrons. The van der Waals surface area contributed by atoms with E-state index in [0.29, 0.717) is 31.1 Å². The molecule has 4 rings (SSSR count). The number of methoxy groups -OCH3 is 1. The van der Waals surface area contributed by atoms with Crippen LogP contribution in [0, 0.1) is 6.92 Å². The number of carbonyl (C=O) groups excluding carboxylic acids is 1. The number of aromatic nitrogens is 3. The maximum Gasteiger partial charge on any atom is 0.274 e. The molecule has 0 aliphatic carbocycles. The summed E-state index contributed by atoms with van der Waals surface area (Å²) in [5.74, 6) is 0.521. The normalized spacial score (nSPS) is 15.4. The molecule has 1 N–H and O–H groups in total. The van der Waals surface area contributed by atoms with Crippen LogP contribution in [-0.2, 0) is 4.74 Å². The summed E-state index contributed by atoms with van der Waals surface area (Å²) >= 11 is 0. The summed E-state index contributed by atoms with van der Waals surface area (Å²) in [6, 6.07) is 17.3. The van der Waals surface area contributed by atoms with Crippen LogP contribution < -0.4 is 10.1 Å². The largest absolute Gasteiger partial charge is 0.497 e. The zero-order valence-electron chi connectivity index (χ0n) is 17.8. The van der Waals surface area contributed by atoms with Crippen molar-refractivity contribution in [2.75, 3.05) is 40.0 Å². The summed E-state index contributed by atoms with van der Waals surface area (Å²) in [4.78, 5) is 15.5. The molecule has 8 heteroatoms. The number of nitrogens with one attached hydrogen (secondary N) is 1. The third kappa shape index (κ3) is 4.92. The number of carbonyl (C=O) groups is 1. The zero-order chi connectivity index (χ0) is 21.6. The topological polar surface area (TPSA) is 81.5 Å². The summed E-state index contributed by atoms with van der Waals surface area (Å²) in [5, 5.41) is 11.5. The lowest BCUT2D eigenvalue weighted by molar-refractivity contribution is 0.0332. The van der Waals surface area contributed by atoms with Gasteiger partial charge in [-0.2, -0.15) is 0 Å². The van der Waals surface area contributed by atoms with Gasteiger partial charge in [-0.25, -0.2) is 4.68 Å². The second-order valence-corrected chi connectivity index (χ2v) is 7.48. The summed E-state index contributed by atoms with van der Waals surface area (Å²) < 4.78 is 12.3. The minimum absolute atomic E-state index is 0.155. The molecule has 1 fully saturated rings. The maximum absolute atomic E-state index is 13.1. The lowest BCUT2D eigenvalue weighted by Gasteiger charge is -2.31. The third-order valence-corrected chi connectivity index (χ3v) is 5.48. The van der Waals surface area contributed by atoms with Gasteiger partial charge in [-0.15, -0.1) is 5.10 Å². The molecule has 0 spiro atoms. The number of amides is 1. The van der Waals surface area contributed by atoms with Crippen LogP contribution >= 0.6 is 0 Å². The summed E-state index contributed by atoms with van der Waals surface area (Å²) in [6.45, 7) is 5.69. The number of hydrogen-bond acceptors (Lipinski definition) is 6. The Bertz CT molecular complexity index is 998. The van der Waals surface area contributed by atoms with Crippen molar-refractivity contribution < 1.29 is 14.3 Å². The van der Waals surface area contributed by atoms with Gasteiger partial charge in [-0.05, 0) is 36.8 Å². The lowest BCUT2D eigenvalue weighted by Crippen LogP contribution is -2.43. The molecule has 2 heterocycles. The Kier molecular flexibility index (Phi) is 6.59. The van der Waals surface area contributed by atoms with E-state index >= 15 is 0 Å². The van der Waals surface area contributed by atoms with Crippen LogP contribution in [0.15, 0.2) is 54.6 Å². The number of rotatable bonds is 7. The molecule has 1 atom stereocenters. The summed E-state index contributed by atoms with van der Waals surface area (Å²) in [6.07, 6.45) is 0. The highest BCUT2D eigenvalue weighted by Crippen LogP contribution is 2.19. The molecule has 1 aromatic heterocycles. The van der Waals surface area contributed by atoms with Crippen LogP contribution in [0.1, 0.15) is 27.8 Å². The molecule has 1 aliphatic rings. The molecule has 8 nitrogen and oxygen atoms in total. The SMILES string of the molecule is COc1ccc(-n2nnc(C(=O)NC(CN3CCOCC3)c3ccccc3)c2C)cc1. The van der Waals surface area contributed by atoms with E-state index in [4.69, 9.17) is 9.47 Å². The lowest BCUT2D eigenvalue weighted by atomic mass is 10.1. The molecule has 1 aliphatic heterocycles. The first-order chi connectivity index (χ1) is 15.2. The van der Waals surface area contributed by atoms with Crippen molar-refractivity contribution in [2.45, 2.75) is 13.0 Å². The number of nitrogens with zero attached hydrogens (tertiary/aromatic N) is 4. The average molecular weight is 422 g/mol. The smallest absolute Gasteiger partial charge is 0.274 e. The highest BCUT2D eigenvalue weighted by Gasteiger charge is 2.24. The van der Waals surface area contributed by atoms with E-state index in [9.17, 15) is 4.79 Å². The third-order valence-electron chi connectivity index (χ3n) is 5.48. The van der Waals surface area contributed by atoms with Gasteiger partial charge in [-0.1, -0.05) is 35.5 Å². The Morgan fingerprint density at radius 2 is 1.84 bits per heavy atom. The minimum Gasteiger partial charge on any atom is -0.497 e. The predicted octanol–water partition coefficient (Wildman–Crippen LogP) is 2.39. The van der Waals surface area contributed by atoms with Gasteiger partial charge < -0.3 is 14.8 Å². The second-order valence-electron chi connectivity index (χ2n) is 7.48. The van der Waals surface area contributed by atoms with Crippen LogP contribution in [0.2, 0.25) is 0 Å². The fourth-order valence-electron chi connectivity index (χ4n) is 3.70. The van der Waals surface area contributed by atoms with Crippen LogP contribution in [0.3, 0.4) is 0 Å². The molecule has 3 aromatic rings. The Morgan fingerprint density at radius 3 is 2.52 bits per heavy atom. The van der Waals surface area contributed by atoms with Crippen molar-refractivity contribution in [1.82, 2.24) is 25.2 Å². The first kappa shape index (κ1) is 21.0. The molecular formula is C23H27N5O3. The highest BCUT2D eigenvalue weighted by molar-refractivity contribution is 5.93. The van der Waals surface area contributed by atoms with Gasteiger partial charge in [-0.3, -0.25) is 9.69 Å². The zero-order valence-corrected chi connectivity index (χ0v) is 17.8. The van der Waals surface area contributed by atoms with Crippen LogP contribution in [0.5, 0.6) is 5.75 Å². The van der Waals surface area contributed by atoms with E-state index in [1.165, 1.54) is 0 Å². The Hall–Kier alpha value is -3.23. The van der Waals surface area contributed by atoms with Crippen molar-refractivity contribution in [3.63, 3.8) is 0 Å². The van der Waals surface area contributed by atoms with Crippen LogP contribution in [0.25, 0.3) is 5.69 Å². The first-order valence-corrected chi connectivity index (χ1v) is 10.4. The van der Waals surface area contributed by atoms with E-state index in [1.54, 1.807) is 11.8 Å². The fourth-order valence-corrected chi connectivity index (χ4v) is 3.70. The van der Waals surface area contributed by atoms with Gasteiger partial charge in [0.1, 0.15) is 5.75 Å². The van der Waals surface area contributed by atoms with Gasteiger partial charge >= 0.3 is 0 Å². The number of hydrogen-bond donors (Lipinski definition) is 1. The minimum atomic E-state index is -0.237. The van der Waals surface area contributed by atoms with Crippen molar-refractivity contribution in [3.05, 3.63) is 71.5 Å². The number of ether oxygens (including phenoxy) is 2. The van der Waals surface area contributed by atoms with Crippen molar-refractivity contribution >= 4 is 5.91 Å². The number of morpholine rings is 1. The van der Waals surface area contributed by atoms with E-state index in [0.717, 1.165) is 30.1 Å². The first-order valence-electron chi connectivity index (χ1n) is 10.4. The Morgan fingerprint density at radius 1 is 1.13 bits per heavy atom.